The zero-order chi connectivity index (χ0) is 13.3. The first-order valence-electron chi connectivity index (χ1n) is 5.25. The Hall–Kier alpha value is -1.62. The van der Waals surface area contributed by atoms with Gasteiger partial charge in [-0.15, -0.1) is 0 Å². The van der Waals surface area contributed by atoms with E-state index >= 15 is 0 Å². The van der Waals surface area contributed by atoms with Crippen molar-refractivity contribution in [2.45, 2.75) is 13.5 Å². The van der Waals surface area contributed by atoms with Gasteiger partial charge in [-0.25, -0.2) is 8.78 Å². The largest absolute Gasteiger partial charge is 0.483 e. The van der Waals surface area contributed by atoms with Crippen molar-refractivity contribution in [3.8, 4) is 5.75 Å². The lowest BCUT2D eigenvalue weighted by Gasteiger charge is -2.07. The lowest BCUT2D eigenvalue weighted by Crippen LogP contribution is -2.01. The van der Waals surface area contributed by atoms with E-state index in [1.54, 1.807) is 14.0 Å². The van der Waals surface area contributed by atoms with Crippen LogP contribution in [0.15, 0.2) is 18.2 Å². The summed E-state index contributed by atoms with van der Waals surface area (Å²) in [5.74, 6) is -1.89. The zero-order valence-corrected chi connectivity index (χ0v) is 10.6. The van der Waals surface area contributed by atoms with E-state index in [1.165, 1.54) is 10.7 Å². The summed E-state index contributed by atoms with van der Waals surface area (Å²) >= 11 is 5.99. The van der Waals surface area contributed by atoms with Crippen LogP contribution in [0.25, 0.3) is 0 Å². The number of aryl methyl sites for hydroxylation is 2. The van der Waals surface area contributed by atoms with Crippen molar-refractivity contribution in [1.82, 2.24) is 9.78 Å². The molecule has 0 amide bonds. The first-order valence-corrected chi connectivity index (χ1v) is 5.63. The van der Waals surface area contributed by atoms with Gasteiger partial charge in [0.2, 0.25) is 0 Å². The molecule has 2 rings (SSSR count). The van der Waals surface area contributed by atoms with Crippen molar-refractivity contribution in [3.05, 3.63) is 46.2 Å². The topological polar surface area (TPSA) is 27.1 Å². The van der Waals surface area contributed by atoms with E-state index in [-0.39, 0.29) is 6.61 Å². The van der Waals surface area contributed by atoms with E-state index in [2.05, 4.69) is 5.10 Å². The molecule has 0 spiro atoms. The summed E-state index contributed by atoms with van der Waals surface area (Å²) in [7, 11) is 1.68. The molecule has 0 aliphatic heterocycles. The number of ether oxygens (including phenoxy) is 1. The predicted molar refractivity (Wildman–Crippen MR) is 63.6 cm³/mol. The van der Waals surface area contributed by atoms with E-state index < -0.39 is 17.4 Å². The van der Waals surface area contributed by atoms with Gasteiger partial charge in [0.05, 0.1) is 5.69 Å². The van der Waals surface area contributed by atoms with E-state index in [0.29, 0.717) is 16.4 Å². The minimum absolute atomic E-state index is 0.0314. The van der Waals surface area contributed by atoms with E-state index in [4.69, 9.17) is 16.3 Å². The third kappa shape index (κ3) is 2.31. The van der Waals surface area contributed by atoms with Gasteiger partial charge in [0.1, 0.15) is 11.8 Å². The maximum atomic E-state index is 13.3. The summed E-state index contributed by atoms with van der Waals surface area (Å²) < 4.78 is 33.3. The van der Waals surface area contributed by atoms with E-state index in [1.807, 2.05) is 0 Å². The van der Waals surface area contributed by atoms with Crippen LogP contribution >= 0.6 is 11.6 Å². The third-order valence-electron chi connectivity index (χ3n) is 2.55. The number of nitrogens with zero attached hydrogens (tertiary/aromatic N) is 2. The maximum Gasteiger partial charge on any atom is 0.191 e. The van der Waals surface area contributed by atoms with Gasteiger partial charge in [-0.1, -0.05) is 17.7 Å². The van der Waals surface area contributed by atoms with Crippen LogP contribution in [-0.2, 0) is 13.7 Å². The summed E-state index contributed by atoms with van der Waals surface area (Å²) in [5.41, 5.74) is 1.28. The number of hydrogen-bond acceptors (Lipinski definition) is 2. The van der Waals surface area contributed by atoms with Crippen LogP contribution in [0.2, 0.25) is 5.15 Å². The normalized spacial score (nSPS) is 10.7. The first-order chi connectivity index (χ1) is 8.50. The van der Waals surface area contributed by atoms with Gasteiger partial charge in [-0.3, -0.25) is 4.68 Å². The van der Waals surface area contributed by atoms with Gasteiger partial charge in [0.15, 0.2) is 17.4 Å². The molecule has 0 atom stereocenters. The molecular weight excluding hydrogens is 262 g/mol. The first kappa shape index (κ1) is 12.8. The molecule has 0 fully saturated rings. The van der Waals surface area contributed by atoms with Gasteiger partial charge < -0.3 is 4.74 Å². The van der Waals surface area contributed by atoms with Gasteiger partial charge >= 0.3 is 0 Å². The molecular formula is C12H11ClF2N2O. The van der Waals surface area contributed by atoms with Crippen LogP contribution in [0.5, 0.6) is 5.75 Å². The molecule has 0 bridgehead atoms. The van der Waals surface area contributed by atoms with Crippen LogP contribution in [-0.4, -0.2) is 9.78 Å². The number of para-hydroxylation sites is 1. The molecule has 0 aliphatic carbocycles. The number of hydrogen-bond donors (Lipinski definition) is 0. The van der Waals surface area contributed by atoms with Crippen molar-refractivity contribution < 1.29 is 13.5 Å². The molecule has 0 N–H and O–H groups in total. The van der Waals surface area contributed by atoms with Gasteiger partial charge in [-0.05, 0) is 19.1 Å². The summed E-state index contributed by atoms with van der Waals surface area (Å²) in [4.78, 5) is 0. The van der Waals surface area contributed by atoms with E-state index in [0.717, 1.165) is 12.1 Å². The molecule has 0 radical (unpaired) electrons. The smallest absolute Gasteiger partial charge is 0.191 e. The molecule has 18 heavy (non-hydrogen) atoms. The Morgan fingerprint density at radius 2 is 1.94 bits per heavy atom. The van der Waals surface area contributed by atoms with E-state index in [9.17, 15) is 8.78 Å². The Morgan fingerprint density at radius 1 is 1.33 bits per heavy atom. The minimum atomic E-state index is -0.743. The van der Waals surface area contributed by atoms with Crippen LogP contribution < -0.4 is 4.74 Å². The highest BCUT2D eigenvalue weighted by molar-refractivity contribution is 6.30. The second kappa shape index (κ2) is 4.94. The Labute approximate surface area is 108 Å². The van der Waals surface area contributed by atoms with Gasteiger partial charge in [-0.2, -0.15) is 5.10 Å². The van der Waals surface area contributed by atoms with Gasteiger partial charge in [0.25, 0.3) is 0 Å². The Morgan fingerprint density at radius 3 is 2.44 bits per heavy atom. The maximum absolute atomic E-state index is 13.3. The lowest BCUT2D eigenvalue weighted by molar-refractivity contribution is 0.273. The van der Waals surface area contributed by atoms with Crippen LogP contribution in [0.4, 0.5) is 8.78 Å². The van der Waals surface area contributed by atoms with Crippen molar-refractivity contribution in [2.24, 2.45) is 7.05 Å². The molecule has 1 aromatic heterocycles. The summed E-state index contributed by atoms with van der Waals surface area (Å²) in [6, 6.07) is 3.55. The van der Waals surface area contributed by atoms with Gasteiger partial charge in [0, 0.05) is 12.6 Å². The zero-order valence-electron chi connectivity index (χ0n) is 9.88. The highest BCUT2D eigenvalue weighted by atomic mass is 35.5. The minimum Gasteiger partial charge on any atom is -0.483 e. The van der Waals surface area contributed by atoms with Crippen molar-refractivity contribution in [1.29, 1.82) is 0 Å². The summed E-state index contributed by atoms with van der Waals surface area (Å²) in [5, 5.41) is 4.48. The molecule has 0 unspecified atom stereocenters. The highest BCUT2D eigenvalue weighted by Gasteiger charge is 2.15. The molecule has 1 aromatic carbocycles. The lowest BCUT2D eigenvalue weighted by atomic mass is 10.3. The van der Waals surface area contributed by atoms with Crippen molar-refractivity contribution >= 4 is 11.6 Å². The van der Waals surface area contributed by atoms with Crippen LogP contribution in [0.1, 0.15) is 11.3 Å². The molecule has 3 nitrogen and oxygen atoms in total. The number of halogens is 3. The Bertz CT molecular complexity index is 563. The van der Waals surface area contributed by atoms with Crippen molar-refractivity contribution in [3.63, 3.8) is 0 Å². The molecule has 1 heterocycles. The summed E-state index contributed by atoms with van der Waals surface area (Å²) in [6.07, 6.45) is 0. The number of aromatic nitrogens is 2. The monoisotopic (exact) mass is 272 g/mol. The highest BCUT2D eigenvalue weighted by Crippen LogP contribution is 2.25. The number of benzene rings is 1. The summed E-state index contributed by atoms with van der Waals surface area (Å²) in [6.45, 7) is 1.72. The molecule has 0 saturated carbocycles. The molecule has 0 saturated heterocycles. The van der Waals surface area contributed by atoms with Crippen molar-refractivity contribution in [2.75, 3.05) is 0 Å². The average Bonchev–Trinajstić information content (AvgIpc) is 2.54. The number of rotatable bonds is 3. The van der Waals surface area contributed by atoms with Crippen LogP contribution in [0.3, 0.4) is 0 Å². The predicted octanol–water partition coefficient (Wildman–Crippen LogP) is 3.24. The standard InChI is InChI=1S/C12H11ClF2N2O/c1-7-8(12(13)17(2)16-7)6-18-11-9(14)4-3-5-10(11)15/h3-5H,6H2,1-2H3. The second-order valence-electron chi connectivity index (χ2n) is 3.82. The second-order valence-corrected chi connectivity index (χ2v) is 4.18. The Balaban J connectivity index is 2.22. The fourth-order valence-electron chi connectivity index (χ4n) is 1.60. The quantitative estimate of drug-likeness (QED) is 0.858. The Kier molecular flexibility index (Phi) is 3.52. The fraction of sp³-hybridized carbons (Fsp3) is 0.250. The molecule has 96 valence electrons. The fourth-order valence-corrected chi connectivity index (χ4v) is 1.83. The average molecular weight is 273 g/mol. The third-order valence-corrected chi connectivity index (χ3v) is 3.02. The SMILES string of the molecule is Cc1nn(C)c(Cl)c1COc1c(F)cccc1F. The van der Waals surface area contributed by atoms with Crippen LogP contribution in [0, 0.1) is 18.6 Å². The molecule has 2 aromatic rings. The molecule has 0 aliphatic rings. The molecule has 6 heteroatoms.